The Labute approximate surface area is 104 Å². The summed E-state index contributed by atoms with van der Waals surface area (Å²) >= 11 is 1.02. The molecule has 0 aromatic carbocycles. The van der Waals surface area contributed by atoms with Crippen molar-refractivity contribution in [3.8, 4) is 12.3 Å². The van der Waals surface area contributed by atoms with E-state index in [1.54, 1.807) is 12.3 Å². The topological polar surface area (TPSA) is 72.5 Å². The third-order valence-electron chi connectivity index (χ3n) is 1.92. The summed E-state index contributed by atoms with van der Waals surface area (Å²) in [5.41, 5.74) is 0.486. The molecule has 1 aromatic heterocycles. The lowest BCUT2D eigenvalue weighted by Crippen LogP contribution is -2.25. The van der Waals surface area contributed by atoms with Crippen LogP contribution in [0.2, 0.25) is 0 Å². The van der Waals surface area contributed by atoms with Crippen molar-refractivity contribution in [2.45, 2.75) is 11.8 Å². The third-order valence-corrected chi connectivity index (χ3v) is 4.72. The second-order valence-corrected chi connectivity index (χ2v) is 5.68. The van der Waals surface area contributed by atoms with Crippen molar-refractivity contribution in [2.75, 3.05) is 13.7 Å². The van der Waals surface area contributed by atoms with Crippen molar-refractivity contribution in [1.29, 1.82) is 0 Å². The van der Waals surface area contributed by atoms with Gasteiger partial charge in [0.25, 0.3) is 0 Å². The van der Waals surface area contributed by atoms with Gasteiger partial charge in [-0.25, -0.2) is 13.2 Å². The number of carbonyl (C=O) groups is 1. The molecule has 0 radical (unpaired) electrons. The fraction of sp³-hybridized carbons (Fsp3) is 0.300. The maximum Gasteiger partial charge on any atom is 0.349 e. The highest BCUT2D eigenvalue weighted by molar-refractivity contribution is 7.89. The van der Waals surface area contributed by atoms with Crippen molar-refractivity contribution >= 4 is 27.3 Å². The summed E-state index contributed by atoms with van der Waals surface area (Å²) in [4.78, 5) is 11.4. The molecule has 0 aliphatic rings. The minimum absolute atomic E-state index is 0.0505. The van der Waals surface area contributed by atoms with Crippen LogP contribution >= 0.6 is 11.3 Å². The van der Waals surface area contributed by atoms with Gasteiger partial charge < -0.3 is 4.74 Å². The molecule has 1 aromatic rings. The molecule has 1 N–H and O–H groups in total. The molecular weight excluding hydrogens is 262 g/mol. The number of sulfonamides is 1. The van der Waals surface area contributed by atoms with Crippen molar-refractivity contribution in [1.82, 2.24) is 4.72 Å². The molecule has 0 amide bonds. The first-order chi connectivity index (χ1) is 7.94. The van der Waals surface area contributed by atoms with Gasteiger partial charge in [0.05, 0.1) is 13.7 Å². The molecule has 0 saturated heterocycles. The normalized spacial score (nSPS) is 10.9. The lowest BCUT2D eigenvalue weighted by molar-refractivity contribution is 0.0602. The molecule has 0 atom stereocenters. The number of ether oxygens (including phenoxy) is 1. The molecule has 0 bridgehead atoms. The Morgan fingerprint density at radius 3 is 2.82 bits per heavy atom. The molecular formula is C10H11NO4S2. The average molecular weight is 273 g/mol. The number of nitrogens with one attached hydrogen (secondary N) is 1. The zero-order valence-electron chi connectivity index (χ0n) is 9.31. The standard InChI is InChI=1S/C10H11NO4S2/c1-4-5-11-17(13,14)9-7(2)6-16-8(9)10(12)15-3/h1,6,11H,5H2,2-3H3. The van der Waals surface area contributed by atoms with Crippen LogP contribution in [0.4, 0.5) is 0 Å². The quantitative estimate of drug-likeness (QED) is 0.649. The number of hydrogen-bond donors (Lipinski definition) is 1. The highest BCUT2D eigenvalue weighted by Crippen LogP contribution is 2.27. The second-order valence-electron chi connectivity index (χ2n) is 3.10. The van der Waals surface area contributed by atoms with E-state index < -0.39 is 16.0 Å². The third kappa shape index (κ3) is 2.85. The molecule has 92 valence electrons. The van der Waals surface area contributed by atoms with E-state index in [2.05, 4.69) is 15.4 Å². The van der Waals surface area contributed by atoms with Crippen LogP contribution < -0.4 is 4.72 Å². The minimum Gasteiger partial charge on any atom is -0.465 e. The molecule has 5 nitrogen and oxygen atoms in total. The minimum atomic E-state index is -3.78. The summed E-state index contributed by atoms with van der Waals surface area (Å²) in [6.45, 7) is 1.48. The zero-order chi connectivity index (χ0) is 13.1. The van der Waals surface area contributed by atoms with Crippen molar-refractivity contribution in [3.05, 3.63) is 15.8 Å². The van der Waals surface area contributed by atoms with E-state index in [-0.39, 0.29) is 16.3 Å². The summed E-state index contributed by atoms with van der Waals surface area (Å²) in [6.07, 6.45) is 4.99. The molecule has 0 fully saturated rings. The van der Waals surface area contributed by atoms with Gasteiger partial charge in [-0.05, 0) is 17.9 Å². The molecule has 0 aliphatic heterocycles. The molecule has 1 heterocycles. The molecule has 0 unspecified atom stereocenters. The maximum atomic E-state index is 11.9. The highest BCUT2D eigenvalue weighted by Gasteiger charge is 2.26. The Bertz CT molecular complexity index is 566. The van der Waals surface area contributed by atoms with E-state index in [1.165, 1.54) is 7.11 Å². The van der Waals surface area contributed by atoms with Gasteiger partial charge in [-0.2, -0.15) is 4.72 Å². The summed E-state index contributed by atoms with van der Waals surface area (Å²) < 4.78 is 30.5. The van der Waals surface area contributed by atoms with E-state index in [4.69, 9.17) is 6.42 Å². The molecule has 17 heavy (non-hydrogen) atoms. The first kappa shape index (κ1) is 13.7. The van der Waals surface area contributed by atoms with Gasteiger partial charge in [-0.1, -0.05) is 5.92 Å². The Morgan fingerprint density at radius 2 is 2.29 bits per heavy atom. The predicted molar refractivity (Wildman–Crippen MR) is 64.4 cm³/mol. The van der Waals surface area contributed by atoms with Gasteiger partial charge >= 0.3 is 5.97 Å². The smallest absolute Gasteiger partial charge is 0.349 e. The molecule has 0 saturated carbocycles. The largest absolute Gasteiger partial charge is 0.465 e. The van der Waals surface area contributed by atoms with Crippen molar-refractivity contribution in [3.63, 3.8) is 0 Å². The highest BCUT2D eigenvalue weighted by atomic mass is 32.2. The van der Waals surface area contributed by atoms with Crippen LogP contribution in [0.3, 0.4) is 0 Å². The van der Waals surface area contributed by atoms with Crippen LogP contribution in [-0.4, -0.2) is 28.0 Å². The fourth-order valence-corrected chi connectivity index (χ4v) is 3.85. The number of thiophene rings is 1. The SMILES string of the molecule is C#CCNS(=O)(=O)c1c(C)csc1C(=O)OC. The number of terminal acetylenes is 1. The summed E-state index contributed by atoms with van der Waals surface area (Å²) in [5.74, 6) is 1.49. The van der Waals surface area contributed by atoms with Gasteiger partial charge in [0.1, 0.15) is 9.77 Å². The Kier molecular flexibility index (Phi) is 4.28. The summed E-state index contributed by atoms with van der Waals surface area (Å²) in [5, 5.41) is 1.58. The van der Waals surface area contributed by atoms with E-state index in [0.717, 1.165) is 11.3 Å². The molecule has 7 heteroatoms. The Morgan fingerprint density at radius 1 is 1.65 bits per heavy atom. The summed E-state index contributed by atoms with van der Waals surface area (Å²) in [6, 6.07) is 0. The van der Waals surface area contributed by atoms with Crippen molar-refractivity contribution < 1.29 is 17.9 Å². The average Bonchev–Trinajstić information content (AvgIpc) is 2.68. The van der Waals surface area contributed by atoms with E-state index in [1.807, 2.05) is 0 Å². The van der Waals surface area contributed by atoms with Gasteiger partial charge in [0.2, 0.25) is 10.0 Å². The zero-order valence-corrected chi connectivity index (χ0v) is 10.9. The summed E-state index contributed by atoms with van der Waals surface area (Å²) in [7, 11) is -2.58. The lowest BCUT2D eigenvalue weighted by atomic mass is 10.3. The van der Waals surface area contributed by atoms with Gasteiger partial charge in [0.15, 0.2) is 0 Å². The van der Waals surface area contributed by atoms with Crippen LogP contribution in [0, 0.1) is 19.3 Å². The number of carbonyl (C=O) groups excluding carboxylic acids is 1. The van der Waals surface area contributed by atoms with Crippen LogP contribution in [0.25, 0.3) is 0 Å². The maximum absolute atomic E-state index is 11.9. The fourth-order valence-electron chi connectivity index (χ4n) is 1.21. The lowest BCUT2D eigenvalue weighted by Gasteiger charge is -2.05. The van der Waals surface area contributed by atoms with E-state index in [0.29, 0.717) is 5.56 Å². The Balaban J connectivity index is 3.26. The van der Waals surface area contributed by atoms with Gasteiger partial charge in [0, 0.05) is 0 Å². The Hall–Kier alpha value is -1.36. The van der Waals surface area contributed by atoms with Crippen molar-refractivity contribution in [2.24, 2.45) is 0 Å². The van der Waals surface area contributed by atoms with Crippen LogP contribution in [-0.2, 0) is 14.8 Å². The van der Waals surface area contributed by atoms with E-state index in [9.17, 15) is 13.2 Å². The van der Waals surface area contributed by atoms with Gasteiger partial charge in [-0.15, -0.1) is 17.8 Å². The number of esters is 1. The number of rotatable bonds is 4. The monoisotopic (exact) mass is 273 g/mol. The van der Waals surface area contributed by atoms with Crippen LogP contribution in [0.1, 0.15) is 15.2 Å². The van der Waals surface area contributed by atoms with Gasteiger partial charge in [-0.3, -0.25) is 0 Å². The predicted octanol–water partition coefficient (Wildman–Crippen LogP) is 0.755. The van der Waals surface area contributed by atoms with Crippen LogP contribution in [0.5, 0.6) is 0 Å². The molecule has 0 aliphatic carbocycles. The first-order valence-corrected chi connectivity index (χ1v) is 6.90. The van der Waals surface area contributed by atoms with Crippen LogP contribution in [0.15, 0.2) is 10.3 Å². The number of methoxy groups -OCH3 is 1. The number of hydrogen-bond acceptors (Lipinski definition) is 5. The number of aryl methyl sites for hydroxylation is 1. The first-order valence-electron chi connectivity index (χ1n) is 4.53. The molecule has 1 rings (SSSR count). The second kappa shape index (κ2) is 5.31. The molecule has 0 spiro atoms. The van der Waals surface area contributed by atoms with E-state index >= 15 is 0 Å².